The third-order valence-electron chi connectivity index (χ3n) is 3.67. The van der Waals surface area contributed by atoms with Crippen molar-refractivity contribution in [3.8, 4) is 11.5 Å². The lowest BCUT2D eigenvalue weighted by Crippen LogP contribution is -2.26. The van der Waals surface area contributed by atoms with Crippen molar-refractivity contribution in [3.63, 3.8) is 0 Å². The summed E-state index contributed by atoms with van der Waals surface area (Å²) in [6, 6.07) is 8.21. The second-order valence-corrected chi connectivity index (χ2v) is 5.70. The van der Waals surface area contributed by atoms with Crippen molar-refractivity contribution in [2.75, 3.05) is 19.0 Å². The maximum Gasteiger partial charge on any atom is 0.259 e. The van der Waals surface area contributed by atoms with Crippen LogP contribution in [0.2, 0.25) is 0 Å². The van der Waals surface area contributed by atoms with E-state index >= 15 is 0 Å². The van der Waals surface area contributed by atoms with Crippen molar-refractivity contribution >= 4 is 11.6 Å². The molecule has 2 heterocycles. The smallest absolute Gasteiger partial charge is 0.259 e. The summed E-state index contributed by atoms with van der Waals surface area (Å²) in [6.45, 7) is 0.247. The molecule has 3 rings (SSSR count). The Morgan fingerprint density at radius 1 is 1.26 bits per heavy atom. The lowest BCUT2D eigenvalue weighted by Gasteiger charge is -2.08. The molecular formula is C18H17FN4O4. The number of nitrogens with zero attached hydrogens (tertiary/aromatic N) is 3. The van der Waals surface area contributed by atoms with Gasteiger partial charge in [0.2, 0.25) is 5.91 Å². The van der Waals surface area contributed by atoms with E-state index in [-0.39, 0.29) is 18.0 Å². The number of methoxy groups -OCH3 is 1. The van der Waals surface area contributed by atoms with Crippen molar-refractivity contribution in [2.45, 2.75) is 13.0 Å². The van der Waals surface area contributed by atoms with E-state index in [1.165, 1.54) is 41.1 Å². The zero-order valence-corrected chi connectivity index (χ0v) is 14.5. The standard InChI is InChI=1S/C18H17FN4O4/c1-26-9-8-15-21-18(27-22-15)12-2-7-17(25)23(10-12)11-16(24)20-14-5-3-13(19)4-6-14/h2-7,10H,8-9,11H2,1H3,(H,20,24). The van der Waals surface area contributed by atoms with Gasteiger partial charge in [-0.15, -0.1) is 0 Å². The number of halogens is 1. The number of nitrogens with one attached hydrogen (secondary N) is 1. The summed E-state index contributed by atoms with van der Waals surface area (Å²) >= 11 is 0. The van der Waals surface area contributed by atoms with E-state index < -0.39 is 11.7 Å². The second kappa shape index (κ2) is 8.37. The van der Waals surface area contributed by atoms with Crippen LogP contribution in [0.4, 0.5) is 10.1 Å². The fraction of sp³-hybridized carbons (Fsp3) is 0.222. The molecule has 0 aliphatic heterocycles. The molecule has 1 aromatic carbocycles. The summed E-state index contributed by atoms with van der Waals surface area (Å²) in [6.07, 6.45) is 1.97. The molecule has 0 atom stereocenters. The first-order valence-corrected chi connectivity index (χ1v) is 8.13. The van der Waals surface area contributed by atoms with E-state index in [4.69, 9.17) is 9.26 Å². The topological polar surface area (TPSA) is 99.3 Å². The van der Waals surface area contributed by atoms with Gasteiger partial charge < -0.3 is 19.1 Å². The number of hydrogen-bond acceptors (Lipinski definition) is 6. The Morgan fingerprint density at radius 3 is 2.78 bits per heavy atom. The summed E-state index contributed by atoms with van der Waals surface area (Å²) in [5, 5.41) is 6.44. The van der Waals surface area contributed by atoms with Gasteiger partial charge >= 0.3 is 0 Å². The molecule has 0 saturated carbocycles. The minimum absolute atomic E-state index is 0.214. The molecule has 0 aliphatic carbocycles. The third-order valence-corrected chi connectivity index (χ3v) is 3.67. The highest BCUT2D eigenvalue weighted by molar-refractivity contribution is 5.90. The molecule has 0 unspecified atom stereocenters. The number of ether oxygens (including phenoxy) is 1. The Hall–Kier alpha value is -3.33. The Labute approximate surface area is 153 Å². The van der Waals surface area contributed by atoms with E-state index in [1.54, 1.807) is 13.2 Å². The Kier molecular flexibility index (Phi) is 5.72. The molecule has 0 saturated heterocycles. The van der Waals surface area contributed by atoms with Gasteiger partial charge in [0.15, 0.2) is 5.82 Å². The van der Waals surface area contributed by atoms with E-state index in [0.717, 1.165) is 0 Å². The fourth-order valence-corrected chi connectivity index (χ4v) is 2.34. The van der Waals surface area contributed by atoms with Crippen LogP contribution in [0.25, 0.3) is 11.5 Å². The van der Waals surface area contributed by atoms with Gasteiger partial charge in [-0.2, -0.15) is 4.98 Å². The minimum atomic E-state index is -0.424. The van der Waals surface area contributed by atoms with Crippen molar-refractivity contribution < 1.29 is 18.4 Å². The van der Waals surface area contributed by atoms with Crippen molar-refractivity contribution in [3.05, 3.63) is 64.6 Å². The molecule has 1 amide bonds. The molecule has 0 radical (unpaired) electrons. The first-order chi connectivity index (χ1) is 13.0. The number of hydrogen-bond donors (Lipinski definition) is 1. The van der Waals surface area contributed by atoms with Crippen LogP contribution in [0.1, 0.15) is 5.82 Å². The monoisotopic (exact) mass is 372 g/mol. The predicted molar refractivity (Wildman–Crippen MR) is 94.6 cm³/mol. The van der Waals surface area contributed by atoms with E-state index in [2.05, 4.69) is 15.5 Å². The molecule has 27 heavy (non-hydrogen) atoms. The Morgan fingerprint density at radius 2 is 2.04 bits per heavy atom. The van der Waals surface area contributed by atoms with Crippen molar-refractivity contribution in [2.24, 2.45) is 0 Å². The third kappa shape index (κ3) is 4.85. The number of pyridine rings is 1. The van der Waals surface area contributed by atoms with Crippen LogP contribution < -0.4 is 10.9 Å². The normalized spacial score (nSPS) is 10.7. The van der Waals surface area contributed by atoms with Gasteiger partial charge in [-0.25, -0.2) is 4.39 Å². The first-order valence-electron chi connectivity index (χ1n) is 8.13. The average Bonchev–Trinajstić information content (AvgIpc) is 3.12. The molecular weight excluding hydrogens is 355 g/mol. The molecule has 0 spiro atoms. The zero-order chi connectivity index (χ0) is 19.2. The SMILES string of the molecule is COCCc1noc(-c2ccc(=O)n(CC(=O)Nc3ccc(F)cc3)c2)n1. The van der Waals surface area contributed by atoms with Crippen LogP contribution >= 0.6 is 0 Å². The van der Waals surface area contributed by atoms with E-state index in [9.17, 15) is 14.0 Å². The number of aromatic nitrogens is 3. The minimum Gasteiger partial charge on any atom is -0.384 e. The number of amides is 1. The lowest BCUT2D eigenvalue weighted by atomic mass is 10.2. The van der Waals surface area contributed by atoms with Crippen LogP contribution in [-0.2, 0) is 22.5 Å². The molecule has 8 nitrogen and oxygen atoms in total. The highest BCUT2D eigenvalue weighted by Gasteiger charge is 2.12. The van der Waals surface area contributed by atoms with Crippen LogP contribution in [0, 0.1) is 5.82 Å². The number of anilines is 1. The van der Waals surface area contributed by atoms with Crippen LogP contribution in [0.3, 0.4) is 0 Å². The molecule has 0 aliphatic rings. The van der Waals surface area contributed by atoms with Gasteiger partial charge in [0, 0.05) is 31.5 Å². The van der Waals surface area contributed by atoms with E-state index in [0.29, 0.717) is 30.1 Å². The molecule has 0 bridgehead atoms. The summed E-state index contributed by atoms with van der Waals surface area (Å²) in [5.41, 5.74) is 0.595. The Balaban J connectivity index is 1.73. The lowest BCUT2D eigenvalue weighted by molar-refractivity contribution is -0.116. The number of rotatable bonds is 7. The van der Waals surface area contributed by atoms with Gasteiger partial charge in [0.1, 0.15) is 12.4 Å². The second-order valence-electron chi connectivity index (χ2n) is 5.70. The average molecular weight is 372 g/mol. The molecule has 3 aromatic rings. The first kappa shape index (κ1) is 18.5. The van der Waals surface area contributed by atoms with Crippen LogP contribution in [0.5, 0.6) is 0 Å². The van der Waals surface area contributed by atoms with Gasteiger partial charge in [-0.3, -0.25) is 9.59 Å². The number of benzene rings is 1. The number of carbonyl (C=O) groups is 1. The summed E-state index contributed by atoms with van der Waals surface area (Å²) in [7, 11) is 1.58. The van der Waals surface area contributed by atoms with Gasteiger partial charge in [0.05, 0.1) is 12.2 Å². The fourth-order valence-electron chi connectivity index (χ4n) is 2.34. The quantitative estimate of drug-likeness (QED) is 0.680. The molecule has 0 fully saturated rings. The summed E-state index contributed by atoms with van der Waals surface area (Å²) < 4.78 is 24.3. The number of carbonyl (C=O) groups excluding carboxylic acids is 1. The highest BCUT2D eigenvalue weighted by Crippen LogP contribution is 2.15. The highest BCUT2D eigenvalue weighted by atomic mass is 19.1. The van der Waals surface area contributed by atoms with Gasteiger partial charge in [-0.1, -0.05) is 5.16 Å². The van der Waals surface area contributed by atoms with Gasteiger partial charge in [-0.05, 0) is 30.3 Å². The molecule has 140 valence electrons. The van der Waals surface area contributed by atoms with Crippen molar-refractivity contribution in [1.29, 1.82) is 0 Å². The maximum atomic E-state index is 12.9. The van der Waals surface area contributed by atoms with Crippen molar-refractivity contribution in [1.82, 2.24) is 14.7 Å². The van der Waals surface area contributed by atoms with Gasteiger partial charge in [0.25, 0.3) is 11.4 Å². The zero-order valence-electron chi connectivity index (χ0n) is 14.5. The summed E-state index contributed by atoms with van der Waals surface area (Å²) in [4.78, 5) is 28.4. The Bertz CT molecular complexity index is 982. The largest absolute Gasteiger partial charge is 0.384 e. The van der Waals surface area contributed by atoms with E-state index in [1.807, 2.05) is 0 Å². The summed E-state index contributed by atoms with van der Waals surface area (Å²) in [5.74, 6) is -0.0963. The maximum absolute atomic E-state index is 12.9. The van der Waals surface area contributed by atoms with Crippen LogP contribution in [0.15, 0.2) is 51.9 Å². The van der Waals surface area contributed by atoms with Crippen LogP contribution in [-0.4, -0.2) is 34.3 Å². The molecule has 9 heteroatoms. The molecule has 1 N–H and O–H groups in total. The molecule has 2 aromatic heterocycles. The predicted octanol–water partition coefficient (Wildman–Crippen LogP) is 1.86.